The summed E-state index contributed by atoms with van der Waals surface area (Å²) in [6.45, 7) is 0.310. The van der Waals surface area contributed by atoms with Gasteiger partial charge in [-0.2, -0.15) is 0 Å². The lowest BCUT2D eigenvalue weighted by atomic mass is 9.91. The first-order valence-electron chi connectivity index (χ1n) is 8.98. The zero-order valence-corrected chi connectivity index (χ0v) is 15.7. The summed E-state index contributed by atoms with van der Waals surface area (Å²) in [6, 6.07) is 7.05. The molecule has 1 aromatic carbocycles. The highest BCUT2D eigenvalue weighted by atomic mass is 35.5. The van der Waals surface area contributed by atoms with Crippen LogP contribution in [-0.4, -0.2) is 55.4 Å². The fourth-order valence-corrected chi connectivity index (χ4v) is 6.75. The molecular weight excluding hydrogens is 360 g/mol. The van der Waals surface area contributed by atoms with Crippen LogP contribution >= 0.6 is 11.6 Å². The predicted octanol–water partition coefficient (Wildman–Crippen LogP) is 2.49. The summed E-state index contributed by atoms with van der Waals surface area (Å²) in [5.41, 5.74) is 0.741. The number of piperazine rings is 1. The first-order chi connectivity index (χ1) is 11.9. The molecule has 5 nitrogen and oxygen atoms in total. The largest absolute Gasteiger partial charge is 0.306 e. The molecule has 1 aromatic rings. The van der Waals surface area contributed by atoms with E-state index in [1.165, 1.54) is 19.3 Å². The first-order valence-corrected chi connectivity index (χ1v) is 11.2. The Hall–Kier alpha value is -1.11. The maximum atomic E-state index is 12.9. The van der Waals surface area contributed by atoms with Crippen molar-refractivity contribution in [3.63, 3.8) is 0 Å². The number of carbonyl (C=O) groups is 1. The molecule has 0 bridgehead atoms. The molecule has 0 radical (unpaired) electrons. The average Bonchev–Trinajstić information content (AvgIpc) is 2.91. The van der Waals surface area contributed by atoms with Crippen LogP contribution in [0.1, 0.15) is 32.1 Å². The normalized spacial score (nSPS) is 30.4. The van der Waals surface area contributed by atoms with Gasteiger partial charge in [0, 0.05) is 22.8 Å². The van der Waals surface area contributed by atoms with E-state index in [0.29, 0.717) is 17.6 Å². The third kappa shape index (κ3) is 3.32. The predicted molar refractivity (Wildman–Crippen MR) is 98.7 cm³/mol. The molecule has 7 heteroatoms. The van der Waals surface area contributed by atoms with E-state index in [0.717, 1.165) is 18.5 Å². The van der Waals surface area contributed by atoms with Crippen molar-refractivity contribution in [1.29, 1.82) is 0 Å². The summed E-state index contributed by atoms with van der Waals surface area (Å²) in [4.78, 5) is 16.8. The van der Waals surface area contributed by atoms with Gasteiger partial charge in [-0.1, -0.05) is 30.9 Å². The second-order valence-corrected chi connectivity index (χ2v) is 10.0. The number of fused-ring (bicyclic) bond motifs is 1. The molecule has 1 aliphatic carbocycles. The lowest BCUT2D eigenvalue weighted by Crippen LogP contribution is -2.64. The first kappa shape index (κ1) is 17.3. The smallest absolute Gasteiger partial charge is 0.241 e. The van der Waals surface area contributed by atoms with Gasteiger partial charge in [-0.3, -0.25) is 9.69 Å². The SMILES string of the molecule is O=C1CN(C2CCCCC2)[C@H]2CS(=O)(=O)C[C@H]2N1c1ccc(Cl)cc1. The quantitative estimate of drug-likeness (QED) is 0.788. The van der Waals surface area contributed by atoms with E-state index in [1.54, 1.807) is 29.2 Å². The van der Waals surface area contributed by atoms with Gasteiger partial charge in [-0.15, -0.1) is 0 Å². The zero-order valence-electron chi connectivity index (χ0n) is 14.1. The van der Waals surface area contributed by atoms with Crippen molar-refractivity contribution < 1.29 is 13.2 Å². The van der Waals surface area contributed by atoms with Crippen molar-refractivity contribution in [2.75, 3.05) is 23.0 Å². The number of hydrogen-bond acceptors (Lipinski definition) is 4. The number of halogens is 1. The molecule has 136 valence electrons. The molecule has 2 heterocycles. The maximum Gasteiger partial charge on any atom is 0.241 e. The van der Waals surface area contributed by atoms with Crippen LogP contribution in [0.5, 0.6) is 0 Å². The van der Waals surface area contributed by atoms with E-state index in [4.69, 9.17) is 11.6 Å². The molecular formula is C18H23ClN2O3S. The number of nitrogens with zero attached hydrogens (tertiary/aromatic N) is 2. The fraction of sp³-hybridized carbons (Fsp3) is 0.611. The second kappa shape index (κ2) is 6.56. The number of rotatable bonds is 2. The Morgan fingerprint density at radius 3 is 2.28 bits per heavy atom. The van der Waals surface area contributed by atoms with Crippen molar-refractivity contribution in [3.05, 3.63) is 29.3 Å². The molecule has 0 spiro atoms. The standard InChI is InChI=1S/C18H23ClN2O3S/c19-13-6-8-15(9-7-13)21-17-12-25(23,24)11-16(17)20(10-18(21)22)14-4-2-1-3-5-14/h6-9,14,16-17H,1-5,10-12H2/t16-,17+/m0/s1. The Bertz CT molecular complexity index is 759. The van der Waals surface area contributed by atoms with Crippen LogP contribution in [0.15, 0.2) is 24.3 Å². The summed E-state index contributed by atoms with van der Waals surface area (Å²) in [7, 11) is -3.13. The Balaban J connectivity index is 1.67. The minimum absolute atomic E-state index is 0.00811. The number of carbonyl (C=O) groups excluding carboxylic acids is 1. The molecule has 1 amide bonds. The highest BCUT2D eigenvalue weighted by molar-refractivity contribution is 7.91. The Morgan fingerprint density at radius 2 is 1.60 bits per heavy atom. The Labute approximate surface area is 153 Å². The number of hydrogen-bond donors (Lipinski definition) is 0. The third-order valence-electron chi connectivity index (χ3n) is 5.79. The molecule has 0 unspecified atom stereocenters. The summed E-state index contributed by atoms with van der Waals surface area (Å²) in [5.74, 6) is 0.201. The van der Waals surface area contributed by atoms with Crippen LogP contribution in [0.25, 0.3) is 0 Å². The number of amides is 1. The van der Waals surface area contributed by atoms with Crippen molar-refractivity contribution in [3.8, 4) is 0 Å². The van der Waals surface area contributed by atoms with Gasteiger partial charge in [-0.25, -0.2) is 8.42 Å². The van der Waals surface area contributed by atoms with Gasteiger partial charge in [0.05, 0.1) is 24.1 Å². The summed E-state index contributed by atoms with van der Waals surface area (Å²) < 4.78 is 24.8. The van der Waals surface area contributed by atoms with Gasteiger partial charge >= 0.3 is 0 Å². The molecule has 2 atom stereocenters. The van der Waals surface area contributed by atoms with Crippen molar-refractivity contribution in [1.82, 2.24) is 4.90 Å². The zero-order chi connectivity index (χ0) is 17.6. The van der Waals surface area contributed by atoms with Gasteiger partial charge in [0.15, 0.2) is 9.84 Å². The molecule has 4 rings (SSSR count). The van der Waals surface area contributed by atoms with E-state index in [9.17, 15) is 13.2 Å². The molecule has 3 aliphatic rings. The van der Waals surface area contributed by atoms with Gasteiger partial charge in [0.25, 0.3) is 0 Å². The summed E-state index contributed by atoms with van der Waals surface area (Å²) in [6.07, 6.45) is 5.71. The molecule has 2 aliphatic heterocycles. The minimum atomic E-state index is -3.13. The number of anilines is 1. The van der Waals surface area contributed by atoms with Crippen molar-refractivity contribution in [2.45, 2.75) is 50.2 Å². The molecule has 25 heavy (non-hydrogen) atoms. The number of benzene rings is 1. The van der Waals surface area contributed by atoms with Gasteiger partial charge in [-0.05, 0) is 37.1 Å². The number of sulfone groups is 1. The van der Waals surface area contributed by atoms with E-state index in [-0.39, 0.29) is 29.5 Å². The van der Waals surface area contributed by atoms with E-state index in [2.05, 4.69) is 4.90 Å². The molecule has 0 aromatic heterocycles. The minimum Gasteiger partial charge on any atom is -0.306 e. The average molecular weight is 383 g/mol. The second-order valence-electron chi connectivity index (χ2n) is 7.42. The fourth-order valence-electron chi connectivity index (χ4n) is 4.66. The van der Waals surface area contributed by atoms with Crippen LogP contribution in [0, 0.1) is 0 Å². The molecule has 3 fully saturated rings. The van der Waals surface area contributed by atoms with Crippen LogP contribution in [0.4, 0.5) is 5.69 Å². The highest BCUT2D eigenvalue weighted by Gasteiger charge is 2.51. The van der Waals surface area contributed by atoms with Gasteiger partial charge in [0.1, 0.15) is 0 Å². The van der Waals surface area contributed by atoms with Gasteiger partial charge < -0.3 is 4.90 Å². The molecule has 2 saturated heterocycles. The van der Waals surface area contributed by atoms with E-state index in [1.807, 2.05) is 0 Å². The van der Waals surface area contributed by atoms with Crippen LogP contribution < -0.4 is 4.90 Å². The summed E-state index contributed by atoms with van der Waals surface area (Å²) >= 11 is 5.96. The molecule has 0 N–H and O–H groups in total. The lowest BCUT2D eigenvalue weighted by Gasteiger charge is -2.47. The van der Waals surface area contributed by atoms with Crippen LogP contribution in [-0.2, 0) is 14.6 Å². The van der Waals surface area contributed by atoms with E-state index < -0.39 is 9.84 Å². The van der Waals surface area contributed by atoms with Crippen molar-refractivity contribution >= 4 is 33.0 Å². The monoisotopic (exact) mass is 382 g/mol. The van der Waals surface area contributed by atoms with Crippen LogP contribution in [0.3, 0.4) is 0 Å². The Morgan fingerprint density at radius 1 is 0.960 bits per heavy atom. The van der Waals surface area contributed by atoms with E-state index >= 15 is 0 Å². The topological polar surface area (TPSA) is 57.7 Å². The lowest BCUT2D eigenvalue weighted by molar-refractivity contribution is -0.124. The van der Waals surface area contributed by atoms with Gasteiger partial charge in [0.2, 0.25) is 5.91 Å². The van der Waals surface area contributed by atoms with Crippen LogP contribution in [0.2, 0.25) is 5.02 Å². The third-order valence-corrected chi connectivity index (χ3v) is 7.74. The highest BCUT2D eigenvalue weighted by Crippen LogP contribution is 2.35. The Kier molecular flexibility index (Phi) is 4.54. The summed E-state index contributed by atoms with van der Waals surface area (Å²) in [5, 5.41) is 0.604. The molecule has 1 saturated carbocycles. The van der Waals surface area contributed by atoms with Crippen molar-refractivity contribution in [2.24, 2.45) is 0 Å². The maximum absolute atomic E-state index is 12.9.